The van der Waals surface area contributed by atoms with Crippen molar-refractivity contribution in [3.05, 3.63) is 57.5 Å². The average Bonchev–Trinajstić information content (AvgIpc) is 2.67. The molecular weight excluding hydrogens is 492 g/mol. The first-order valence-electron chi connectivity index (χ1n) is 8.60. The van der Waals surface area contributed by atoms with Gasteiger partial charge in [-0.05, 0) is 64.7 Å². The minimum Gasteiger partial charge on any atom is -0.489 e. The van der Waals surface area contributed by atoms with Gasteiger partial charge in [0.2, 0.25) is 5.88 Å². The van der Waals surface area contributed by atoms with Gasteiger partial charge in [0.1, 0.15) is 36.4 Å². The molecule has 144 valence electrons. The van der Waals surface area contributed by atoms with E-state index in [0.29, 0.717) is 47.6 Å². The lowest BCUT2D eigenvalue weighted by molar-refractivity contribution is 0.212. The Hall–Kier alpha value is -2.07. The number of ether oxygens (including phenoxy) is 2. The molecule has 0 radical (unpaired) electrons. The van der Waals surface area contributed by atoms with Crippen molar-refractivity contribution in [2.75, 3.05) is 24.8 Å². The van der Waals surface area contributed by atoms with Gasteiger partial charge in [0.05, 0.1) is 6.20 Å². The van der Waals surface area contributed by atoms with Gasteiger partial charge in [-0.2, -0.15) is 16.7 Å². The van der Waals surface area contributed by atoms with Crippen molar-refractivity contribution in [1.82, 2.24) is 9.97 Å². The van der Waals surface area contributed by atoms with Crippen LogP contribution in [0.1, 0.15) is 5.56 Å². The minimum absolute atomic E-state index is 0.323. The van der Waals surface area contributed by atoms with Gasteiger partial charge in [-0.1, -0.05) is 0 Å². The van der Waals surface area contributed by atoms with Crippen LogP contribution in [0.5, 0.6) is 11.6 Å². The molecule has 3 heterocycles. The maximum Gasteiger partial charge on any atom is 0.215 e. The van der Waals surface area contributed by atoms with E-state index < -0.39 is 5.82 Å². The maximum absolute atomic E-state index is 14.6. The molecule has 1 aromatic carbocycles. The summed E-state index contributed by atoms with van der Waals surface area (Å²) in [6, 6.07) is 11.2. The van der Waals surface area contributed by atoms with Crippen LogP contribution in [0.2, 0.25) is 0 Å². The molecule has 1 aliphatic rings. The van der Waals surface area contributed by atoms with Gasteiger partial charge >= 0.3 is 0 Å². The first-order valence-corrected chi connectivity index (χ1v) is 11.1. The fourth-order valence-corrected chi connectivity index (χ4v) is 3.89. The molecular formula is C20H17FIN3O2S. The Morgan fingerprint density at radius 3 is 2.82 bits per heavy atom. The van der Waals surface area contributed by atoms with Gasteiger partial charge in [-0.25, -0.2) is 9.37 Å². The summed E-state index contributed by atoms with van der Waals surface area (Å²) in [5.74, 6) is 2.65. The quantitative estimate of drug-likeness (QED) is 0.476. The molecule has 0 amide bonds. The summed E-state index contributed by atoms with van der Waals surface area (Å²) in [6.45, 7) is 0.655. The summed E-state index contributed by atoms with van der Waals surface area (Å²) in [5, 5.41) is 3.17. The predicted molar refractivity (Wildman–Crippen MR) is 118 cm³/mol. The summed E-state index contributed by atoms with van der Waals surface area (Å²) in [6.07, 6.45) is 3.25. The van der Waals surface area contributed by atoms with Crippen molar-refractivity contribution in [2.45, 2.75) is 5.75 Å². The van der Waals surface area contributed by atoms with Gasteiger partial charge in [-0.3, -0.25) is 0 Å². The lowest BCUT2D eigenvalue weighted by Crippen LogP contribution is -2.10. The van der Waals surface area contributed by atoms with E-state index in [0.717, 1.165) is 14.9 Å². The molecule has 8 heteroatoms. The van der Waals surface area contributed by atoms with Crippen LogP contribution in [0.3, 0.4) is 0 Å². The van der Waals surface area contributed by atoms with Gasteiger partial charge in [0.15, 0.2) is 0 Å². The van der Waals surface area contributed by atoms with Crippen molar-refractivity contribution < 1.29 is 13.9 Å². The summed E-state index contributed by atoms with van der Waals surface area (Å²) in [5.41, 5.74) is 2.17. The summed E-state index contributed by atoms with van der Waals surface area (Å²) < 4.78 is 27.3. The lowest BCUT2D eigenvalue weighted by atomic mass is 10.1. The fraction of sp³-hybridized carbons (Fsp3) is 0.200. The molecule has 2 aromatic heterocycles. The molecule has 5 nitrogen and oxygen atoms in total. The van der Waals surface area contributed by atoms with Gasteiger partial charge in [-0.15, -0.1) is 0 Å². The molecule has 0 saturated carbocycles. The molecule has 0 saturated heterocycles. The topological polar surface area (TPSA) is 56.3 Å². The predicted octanol–water partition coefficient (Wildman–Crippen LogP) is 5.27. The SMILES string of the molecule is CSCc1cc2nc(c1)OCCOc1cc(I)ccc1-c1cc(ncc1F)N2. The zero-order valence-corrected chi connectivity index (χ0v) is 18.0. The molecule has 0 fully saturated rings. The highest BCUT2D eigenvalue weighted by molar-refractivity contribution is 14.1. The monoisotopic (exact) mass is 509 g/mol. The number of pyridine rings is 2. The van der Waals surface area contributed by atoms with Crippen LogP contribution in [0.15, 0.2) is 42.6 Å². The summed E-state index contributed by atoms with van der Waals surface area (Å²) >= 11 is 3.92. The van der Waals surface area contributed by atoms with E-state index in [1.165, 1.54) is 6.20 Å². The number of nitrogens with zero attached hydrogens (tertiary/aromatic N) is 2. The van der Waals surface area contributed by atoms with Crippen LogP contribution in [-0.2, 0) is 5.75 Å². The second-order valence-electron chi connectivity index (χ2n) is 6.14. The zero-order valence-electron chi connectivity index (χ0n) is 15.0. The van der Waals surface area contributed by atoms with Crippen molar-refractivity contribution >= 4 is 46.0 Å². The van der Waals surface area contributed by atoms with Crippen LogP contribution >= 0.6 is 34.4 Å². The maximum atomic E-state index is 14.6. The molecule has 4 rings (SSSR count). The van der Waals surface area contributed by atoms with E-state index in [9.17, 15) is 4.39 Å². The first-order chi connectivity index (χ1) is 13.6. The Bertz CT molecular complexity index is 1020. The van der Waals surface area contributed by atoms with E-state index in [2.05, 4.69) is 37.9 Å². The molecule has 1 N–H and O–H groups in total. The molecule has 0 unspecified atom stereocenters. The van der Waals surface area contributed by atoms with Crippen molar-refractivity contribution in [2.24, 2.45) is 0 Å². The Balaban J connectivity index is 1.81. The number of hydrogen-bond acceptors (Lipinski definition) is 6. The minimum atomic E-state index is -0.410. The molecule has 0 atom stereocenters. The number of benzene rings is 1. The molecule has 28 heavy (non-hydrogen) atoms. The number of rotatable bonds is 2. The van der Waals surface area contributed by atoms with Crippen LogP contribution in [0, 0.1) is 9.39 Å². The van der Waals surface area contributed by atoms with Crippen LogP contribution in [0.25, 0.3) is 11.1 Å². The van der Waals surface area contributed by atoms with Crippen molar-refractivity contribution in [3.8, 4) is 22.8 Å². The number of halogens is 2. The standard InChI is InChI=1S/C20H17FIN3O2S/c1-28-11-12-6-19-24-18-9-15(16(21)10-23-18)14-3-2-13(22)8-17(14)26-4-5-27-20(7-12)25-19/h2-3,6-10H,4-5,11H2,1H3,(H,23,24,25). The van der Waals surface area contributed by atoms with E-state index >= 15 is 0 Å². The van der Waals surface area contributed by atoms with Gasteiger partial charge in [0.25, 0.3) is 0 Å². The highest BCUT2D eigenvalue weighted by Gasteiger charge is 2.15. The molecule has 3 aromatic rings. The van der Waals surface area contributed by atoms with Crippen LogP contribution in [-0.4, -0.2) is 29.4 Å². The smallest absolute Gasteiger partial charge is 0.215 e. The number of aromatic nitrogens is 2. The van der Waals surface area contributed by atoms with E-state index in [1.807, 2.05) is 36.6 Å². The third-order valence-corrected chi connectivity index (χ3v) is 5.40. The number of nitrogens with one attached hydrogen (secondary N) is 1. The zero-order chi connectivity index (χ0) is 19.5. The van der Waals surface area contributed by atoms with E-state index in [-0.39, 0.29) is 0 Å². The number of thioether (sulfide) groups is 1. The van der Waals surface area contributed by atoms with E-state index in [1.54, 1.807) is 17.8 Å². The highest BCUT2D eigenvalue weighted by atomic mass is 127. The third kappa shape index (κ3) is 4.33. The number of anilines is 2. The largest absolute Gasteiger partial charge is 0.489 e. The van der Waals surface area contributed by atoms with E-state index in [4.69, 9.17) is 9.47 Å². The van der Waals surface area contributed by atoms with Crippen LogP contribution in [0.4, 0.5) is 16.0 Å². The third-order valence-electron chi connectivity index (χ3n) is 4.11. The fourth-order valence-electron chi connectivity index (χ4n) is 2.93. The van der Waals surface area contributed by atoms with Gasteiger partial charge < -0.3 is 14.8 Å². The second kappa shape index (κ2) is 8.52. The molecule has 1 aliphatic heterocycles. The second-order valence-corrected chi connectivity index (χ2v) is 8.26. The number of fused-ring (bicyclic) bond motifs is 6. The summed E-state index contributed by atoms with van der Waals surface area (Å²) in [7, 11) is 0. The number of hydrogen-bond donors (Lipinski definition) is 1. The molecule has 0 aliphatic carbocycles. The molecule has 4 bridgehead atoms. The van der Waals surface area contributed by atoms with Crippen LogP contribution < -0.4 is 14.8 Å². The summed E-state index contributed by atoms with van der Waals surface area (Å²) in [4.78, 5) is 8.65. The highest BCUT2D eigenvalue weighted by Crippen LogP contribution is 2.35. The Morgan fingerprint density at radius 1 is 1.11 bits per heavy atom. The van der Waals surface area contributed by atoms with Crippen molar-refractivity contribution in [3.63, 3.8) is 0 Å². The Labute approximate surface area is 180 Å². The lowest BCUT2D eigenvalue weighted by Gasteiger charge is -2.13. The Morgan fingerprint density at radius 2 is 1.96 bits per heavy atom. The first kappa shape index (κ1) is 19.3. The van der Waals surface area contributed by atoms with Crippen molar-refractivity contribution in [1.29, 1.82) is 0 Å². The van der Waals surface area contributed by atoms with Gasteiger partial charge in [0, 0.05) is 26.5 Å². The molecule has 0 spiro atoms. The normalized spacial score (nSPS) is 13.0. The Kier molecular flexibility index (Phi) is 5.86. The average molecular weight is 509 g/mol.